The first kappa shape index (κ1) is 12.5. The Kier molecular flexibility index (Phi) is 3.89. The van der Waals surface area contributed by atoms with E-state index in [4.69, 9.17) is 4.74 Å². The van der Waals surface area contributed by atoms with E-state index in [9.17, 15) is 9.90 Å². The molecule has 0 aliphatic carbocycles. The number of ether oxygens (including phenoxy) is 1. The molecule has 0 unspecified atom stereocenters. The predicted molar refractivity (Wildman–Crippen MR) is 68.2 cm³/mol. The van der Waals surface area contributed by atoms with E-state index in [2.05, 4.69) is 4.98 Å². The molecule has 0 aliphatic heterocycles. The summed E-state index contributed by atoms with van der Waals surface area (Å²) < 4.78 is 4.98. The summed E-state index contributed by atoms with van der Waals surface area (Å²) in [6, 6.07) is 9.56. The smallest absolute Gasteiger partial charge is 0.302 e. The number of para-hydroxylation sites is 1. The number of nitrogens with zero attached hydrogens (tertiary/aromatic N) is 1. The zero-order valence-corrected chi connectivity index (χ0v) is 10.2. The fraction of sp³-hybridized carbons (Fsp3) is 0.286. The Bertz CT molecular complexity index is 548. The van der Waals surface area contributed by atoms with Crippen molar-refractivity contribution >= 4 is 16.9 Å². The van der Waals surface area contributed by atoms with Crippen molar-refractivity contribution in [2.75, 3.05) is 13.2 Å². The van der Waals surface area contributed by atoms with Crippen LogP contribution in [0.5, 0.6) is 0 Å². The maximum Gasteiger partial charge on any atom is 0.302 e. The van der Waals surface area contributed by atoms with Gasteiger partial charge in [0.15, 0.2) is 0 Å². The molecule has 4 nitrogen and oxygen atoms in total. The van der Waals surface area contributed by atoms with E-state index in [1.807, 2.05) is 30.3 Å². The van der Waals surface area contributed by atoms with Crippen LogP contribution < -0.4 is 0 Å². The van der Waals surface area contributed by atoms with E-state index in [0.717, 1.165) is 16.5 Å². The number of aliphatic hydroxyl groups is 1. The van der Waals surface area contributed by atoms with E-state index < -0.39 is 0 Å². The van der Waals surface area contributed by atoms with Gasteiger partial charge in [-0.05, 0) is 17.7 Å². The zero-order valence-electron chi connectivity index (χ0n) is 10.2. The van der Waals surface area contributed by atoms with E-state index >= 15 is 0 Å². The molecule has 0 saturated heterocycles. The van der Waals surface area contributed by atoms with E-state index in [1.54, 1.807) is 6.20 Å². The van der Waals surface area contributed by atoms with Crippen LogP contribution in [-0.4, -0.2) is 29.3 Å². The minimum absolute atomic E-state index is 0.0682. The highest BCUT2D eigenvalue weighted by molar-refractivity contribution is 5.82. The molecule has 1 aromatic heterocycles. The SMILES string of the molecule is CC(=O)OC[C@@H](CO)c1ccnc2ccccc12. The largest absolute Gasteiger partial charge is 0.465 e. The number of esters is 1. The molecule has 1 atom stereocenters. The van der Waals surface area contributed by atoms with Gasteiger partial charge >= 0.3 is 5.97 Å². The molecule has 0 bridgehead atoms. The van der Waals surface area contributed by atoms with Crippen LogP contribution in [0, 0.1) is 0 Å². The second-order valence-electron chi connectivity index (χ2n) is 4.10. The van der Waals surface area contributed by atoms with Crippen LogP contribution in [0.1, 0.15) is 18.4 Å². The van der Waals surface area contributed by atoms with Gasteiger partial charge in [0.1, 0.15) is 6.61 Å². The number of carbonyl (C=O) groups excluding carboxylic acids is 1. The molecular formula is C14H15NO3. The highest BCUT2D eigenvalue weighted by atomic mass is 16.5. The topological polar surface area (TPSA) is 59.4 Å². The standard InChI is InChI=1S/C14H15NO3/c1-10(17)18-9-11(8-16)12-6-7-15-14-5-3-2-4-13(12)14/h2-7,11,16H,8-9H2,1H3/t11-/m1/s1. The quantitative estimate of drug-likeness (QED) is 0.835. The average molecular weight is 245 g/mol. The molecule has 1 N–H and O–H groups in total. The van der Waals surface area contributed by atoms with Crippen molar-refractivity contribution in [3.05, 3.63) is 42.1 Å². The summed E-state index contributed by atoms with van der Waals surface area (Å²) in [5.74, 6) is -0.561. The lowest BCUT2D eigenvalue weighted by Crippen LogP contribution is -2.14. The van der Waals surface area contributed by atoms with Crippen LogP contribution in [0.15, 0.2) is 36.5 Å². The molecule has 0 saturated carbocycles. The number of rotatable bonds is 4. The third-order valence-corrected chi connectivity index (χ3v) is 2.83. The molecule has 0 amide bonds. The summed E-state index contributed by atoms with van der Waals surface area (Å²) in [7, 11) is 0. The Labute approximate surface area is 105 Å². The highest BCUT2D eigenvalue weighted by Gasteiger charge is 2.15. The van der Waals surface area contributed by atoms with Crippen LogP contribution in [0.2, 0.25) is 0 Å². The lowest BCUT2D eigenvalue weighted by Gasteiger charge is -2.16. The number of hydrogen-bond acceptors (Lipinski definition) is 4. The summed E-state index contributed by atoms with van der Waals surface area (Å²) in [6.07, 6.45) is 1.70. The third-order valence-electron chi connectivity index (χ3n) is 2.83. The number of benzene rings is 1. The Hall–Kier alpha value is -1.94. The van der Waals surface area contributed by atoms with Crippen molar-refractivity contribution in [3.8, 4) is 0 Å². The molecule has 2 aromatic rings. The lowest BCUT2D eigenvalue weighted by molar-refractivity contribution is -0.141. The number of carbonyl (C=O) groups is 1. The first-order valence-electron chi connectivity index (χ1n) is 5.80. The van der Waals surface area contributed by atoms with Crippen LogP contribution in [0.3, 0.4) is 0 Å². The maximum absolute atomic E-state index is 10.8. The predicted octanol–water partition coefficient (Wildman–Crippen LogP) is 1.87. The number of hydrogen-bond donors (Lipinski definition) is 1. The number of aliphatic hydroxyl groups excluding tert-OH is 1. The van der Waals surface area contributed by atoms with Crippen LogP contribution in [0.25, 0.3) is 10.9 Å². The zero-order chi connectivity index (χ0) is 13.0. The van der Waals surface area contributed by atoms with Gasteiger partial charge in [0.25, 0.3) is 0 Å². The first-order valence-corrected chi connectivity index (χ1v) is 5.80. The fourth-order valence-corrected chi connectivity index (χ4v) is 1.93. The van der Waals surface area contributed by atoms with Gasteiger partial charge in [-0.15, -0.1) is 0 Å². The molecule has 18 heavy (non-hydrogen) atoms. The maximum atomic E-state index is 10.8. The van der Waals surface area contributed by atoms with Gasteiger partial charge in [0.2, 0.25) is 0 Å². The monoisotopic (exact) mass is 245 g/mol. The molecule has 1 heterocycles. The Morgan fingerprint density at radius 3 is 2.89 bits per heavy atom. The van der Waals surface area contributed by atoms with Gasteiger partial charge in [-0.25, -0.2) is 0 Å². The number of pyridine rings is 1. The summed E-state index contributed by atoms with van der Waals surface area (Å²) in [5.41, 5.74) is 1.82. The van der Waals surface area contributed by atoms with E-state index in [0.29, 0.717) is 0 Å². The summed E-state index contributed by atoms with van der Waals surface area (Å²) in [4.78, 5) is 15.1. The molecule has 0 radical (unpaired) electrons. The molecule has 2 rings (SSSR count). The van der Waals surface area contributed by atoms with Crippen molar-refractivity contribution in [2.24, 2.45) is 0 Å². The Morgan fingerprint density at radius 1 is 1.39 bits per heavy atom. The minimum atomic E-state index is -0.341. The van der Waals surface area contributed by atoms with Crippen molar-refractivity contribution in [1.82, 2.24) is 4.98 Å². The minimum Gasteiger partial charge on any atom is -0.465 e. The van der Waals surface area contributed by atoms with Gasteiger partial charge in [-0.3, -0.25) is 9.78 Å². The third kappa shape index (κ3) is 2.65. The Balaban J connectivity index is 2.35. The second-order valence-corrected chi connectivity index (χ2v) is 4.10. The summed E-state index contributed by atoms with van der Waals surface area (Å²) >= 11 is 0. The molecule has 0 aliphatic rings. The second kappa shape index (κ2) is 5.60. The molecule has 1 aromatic carbocycles. The van der Waals surface area contributed by atoms with Gasteiger partial charge in [-0.2, -0.15) is 0 Å². The molecule has 94 valence electrons. The van der Waals surface area contributed by atoms with Crippen LogP contribution >= 0.6 is 0 Å². The number of aromatic nitrogens is 1. The highest BCUT2D eigenvalue weighted by Crippen LogP contribution is 2.24. The number of fused-ring (bicyclic) bond motifs is 1. The van der Waals surface area contributed by atoms with Gasteiger partial charge in [0, 0.05) is 24.4 Å². The van der Waals surface area contributed by atoms with Crippen LogP contribution in [-0.2, 0) is 9.53 Å². The lowest BCUT2D eigenvalue weighted by atomic mass is 9.97. The van der Waals surface area contributed by atoms with Crippen molar-refractivity contribution in [2.45, 2.75) is 12.8 Å². The Morgan fingerprint density at radius 2 is 2.17 bits per heavy atom. The van der Waals surface area contributed by atoms with Crippen molar-refractivity contribution in [1.29, 1.82) is 0 Å². The van der Waals surface area contributed by atoms with Crippen molar-refractivity contribution < 1.29 is 14.6 Å². The molecule has 0 spiro atoms. The fourth-order valence-electron chi connectivity index (χ4n) is 1.93. The van der Waals surface area contributed by atoms with Crippen LogP contribution in [0.4, 0.5) is 0 Å². The summed E-state index contributed by atoms with van der Waals surface area (Å²) in [5, 5.41) is 10.4. The molecule has 0 fully saturated rings. The summed E-state index contributed by atoms with van der Waals surface area (Å²) in [6.45, 7) is 1.47. The van der Waals surface area contributed by atoms with E-state index in [-0.39, 0.29) is 25.1 Å². The van der Waals surface area contributed by atoms with Gasteiger partial charge in [-0.1, -0.05) is 18.2 Å². The normalized spacial score (nSPS) is 12.3. The molecule has 4 heteroatoms. The average Bonchev–Trinajstić information content (AvgIpc) is 2.39. The van der Waals surface area contributed by atoms with Crippen molar-refractivity contribution in [3.63, 3.8) is 0 Å². The first-order chi connectivity index (χ1) is 8.72. The molecular weight excluding hydrogens is 230 g/mol. The van der Waals surface area contributed by atoms with Gasteiger partial charge in [0.05, 0.1) is 12.1 Å². The van der Waals surface area contributed by atoms with Gasteiger partial charge < -0.3 is 9.84 Å². The van der Waals surface area contributed by atoms with E-state index in [1.165, 1.54) is 6.92 Å².